The quantitative estimate of drug-likeness (QED) is 0.253. The van der Waals surface area contributed by atoms with Crippen molar-refractivity contribution >= 4 is 33.2 Å². The lowest BCUT2D eigenvalue weighted by Gasteiger charge is -2.30. The highest BCUT2D eigenvalue weighted by Gasteiger charge is 2.29. The number of rotatable bonds is 10. The number of amides is 1. The summed E-state index contributed by atoms with van der Waals surface area (Å²) >= 11 is 6.07. The van der Waals surface area contributed by atoms with Crippen molar-refractivity contribution in [3.8, 4) is 0 Å². The minimum Gasteiger partial charge on any atom is -0.376 e. The minimum absolute atomic E-state index is 0.117. The van der Waals surface area contributed by atoms with Crippen LogP contribution in [-0.2, 0) is 39.6 Å². The van der Waals surface area contributed by atoms with Gasteiger partial charge in [-0.15, -0.1) is 0 Å². The van der Waals surface area contributed by atoms with Gasteiger partial charge in [0.05, 0.1) is 24.0 Å². The van der Waals surface area contributed by atoms with E-state index in [1.807, 2.05) is 66.3 Å². The highest BCUT2D eigenvalue weighted by Crippen LogP contribution is 2.35. The first-order chi connectivity index (χ1) is 19.7. The molecule has 1 aliphatic rings. The summed E-state index contributed by atoms with van der Waals surface area (Å²) in [6.07, 6.45) is 5.58. The normalized spacial score (nSPS) is 15.7. The van der Waals surface area contributed by atoms with Gasteiger partial charge >= 0.3 is 0 Å². The molecule has 0 aliphatic heterocycles. The van der Waals surface area contributed by atoms with Gasteiger partial charge in [-0.3, -0.25) is 4.79 Å². The highest BCUT2D eigenvalue weighted by molar-refractivity contribution is 7.89. The fraction of sp³-hybridized carbons (Fsp3) is 0.290. The van der Waals surface area contributed by atoms with Gasteiger partial charge in [0.2, 0.25) is 15.9 Å². The Balaban J connectivity index is 1.47. The van der Waals surface area contributed by atoms with Crippen molar-refractivity contribution in [3.63, 3.8) is 0 Å². The van der Waals surface area contributed by atoms with Crippen molar-refractivity contribution in [2.75, 3.05) is 12.0 Å². The molecule has 0 spiro atoms. The number of aryl methyl sites for hydroxylation is 2. The molecule has 5 rings (SSSR count). The van der Waals surface area contributed by atoms with Gasteiger partial charge in [0.25, 0.3) is 0 Å². The third-order valence-corrected chi connectivity index (χ3v) is 9.20. The Labute approximate surface area is 246 Å². The molecule has 0 fully saturated rings. The van der Waals surface area contributed by atoms with E-state index in [1.54, 1.807) is 30.3 Å². The van der Waals surface area contributed by atoms with Crippen molar-refractivity contribution in [1.29, 1.82) is 0 Å². The van der Waals surface area contributed by atoms with E-state index in [0.717, 1.165) is 35.4 Å². The van der Waals surface area contributed by atoms with Crippen molar-refractivity contribution in [2.24, 2.45) is 7.05 Å². The monoisotopic (exact) mass is 592 g/mol. The summed E-state index contributed by atoms with van der Waals surface area (Å²) in [5, 5.41) is 0.354. The van der Waals surface area contributed by atoms with Crippen LogP contribution in [0.2, 0.25) is 5.02 Å². The summed E-state index contributed by atoms with van der Waals surface area (Å²) in [6.45, 7) is 0.255. The molecule has 214 valence electrons. The number of nitrogens with zero attached hydrogens (tertiary/aromatic N) is 3. The first-order valence-electron chi connectivity index (χ1n) is 13.5. The molecule has 1 aliphatic carbocycles. The molecule has 0 saturated carbocycles. The SMILES string of the molecule is CO[C@H](CC(=O)N(Cc1nccn1C)c1ccc2c(c1)[C@@H](NS(=O)(=O)c1cccc(Cl)c1)CCC2)c1ccccc1. The Morgan fingerprint density at radius 3 is 2.66 bits per heavy atom. The van der Waals surface area contributed by atoms with Crippen LogP contribution in [0.1, 0.15) is 53.9 Å². The first kappa shape index (κ1) is 29.0. The van der Waals surface area contributed by atoms with Crippen LogP contribution in [0.3, 0.4) is 0 Å². The summed E-state index contributed by atoms with van der Waals surface area (Å²) in [6, 6.07) is 21.3. The second-order valence-electron chi connectivity index (χ2n) is 10.2. The molecule has 1 heterocycles. The van der Waals surface area contributed by atoms with E-state index in [9.17, 15) is 13.2 Å². The average Bonchev–Trinajstić information content (AvgIpc) is 3.39. The van der Waals surface area contributed by atoms with Crippen LogP contribution in [0.5, 0.6) is 0 Å². The number of ether oxygens (including phenoxy) is 1. The Morgan fingerprint density at radius 1 is 1.15 bits per heavy atom. The van der Waals surface area contributed by atoms with Gasteiger partial charge in [-0.2, -0.15) is 0 Å². The number of halogens is 1. The maximum absolute atomic E-state index is 13.9. The number of sulfonamides is 1. The Hall–Kier alpha value is -3.50. The molecular formula is C31H33ClN4O4S. The molecule has 1 amide bonds. The third-order valence-electron chi connectivity index (χ3n) is 7.50. The standard InChI is InChI=1S/C31H33ClN4O4S/c1-35-17-16-33-30(35)21-36(31(37)20-29(40-2)23-8-4-3-5-9-23)25-15-14-22-10-6-13-28(27(22)19-25)34-41(38,39)26-12-7-11-24(32)18-26/h3-5,7-9,11-12,14-19,28-29,34H,6,10,13,20-21H2,1-2H3/t28-,29+/m0/s1. The molecule has 4 aromatic rings. The predicted octanol–water partition coefficient (Wildman–Crippen LogP) is 5.74. The van der Waals surface area contributed by atoms with Crippen molar-refractivity contribution < 1.29 is 17.9 Å². The zero-order valence-electron chi connectivity index (χ0n) is 23.0. The smallest absolute Gasteiger partial charge is 0.241 e. The highest BCUT2D eigenvalue weighted by atomic mass is 35.5. The van der Waals surface area contributed by atoms with E-state index >= 15 is 0 Å². The van der Waals surface area contributed by atoms with Gasteiger partial charge in [0.1, 0.15) is 5.82 Å². The molecular weight excluding hydrogens is 560 g/mol. The number of anilines is 1. The topological polar surface area (TPSA) is 93.5 Å². The maximum atomic E-state index is 13.9. The van der Waals surface area contributed by atoms with Crippen molar-refractivity contribution in [3.05, 3.63) is 113 Å². The Morgan fingerprint density at radius 2 is 1.95 bits per heavy atom. The minimum atomic E-state index is -3.82. The number of imidazole rings is 1. The summed E-state index contributed by atoms with van der Waals surface area (Å²) < 4.78 is 37.0. The number of fused-ring (bicyclic) bond motifs is 1. The molecule has 0 radical (unpaired) electrons. The van der Waals surface area contributed by atoms with Crippen molar-refractivity contribution in [1.82, 2.24) is 14.3 Å². The van der Waals surface area contributed by atoms with Crippen LogP contribution in [0.25, 0.3) is 0 Å². The Bertz CT molecular complexity index is 1620. The lowest BCUT2D eigenvalue weighted by Crippen LogP contribution is -2.34. The number of carbonyl (C=O) groups is 1. The second-order valence-corrected chi connectivity index (χ2v) is 12.3. The van der Waals surface area contributed by atoms with Crippen LogP contribution in [0.4, 0.5) is 5.69 Å². The van der Waals surface area contributed by atoms with Crippen LogP contribution >= 0.6 is 11.6 Å². The van der Waals surface area contributed by atoms with E-state index in [1.165, 1.54) is 12.1 Å². The summed E-state index contributed by atoms with van der Waals surface area (Å²) in [5.41, 5.74) is 3.51. The van der Waals surface area contributed by atoms with Gasteiger partial charge in [-0.25, -0.2) is 18.1 Å². The number of methoxy groups -OCH3 is 1. The molecule has 10 heteroatoms. The molecule has 2 atom stereocenters. The number of hydrogen-bond donors (Lipinski definition) is 1. The Kier molecular flexibility index (Phi) is 8.89. The number of aromatic nitrogens is 2. The van der Waals surface area contributed by atoms with Crippen LogP contribution in [0, 0.1) is 0 Å². The van der Waals surface area contributed by atoms with E-state index in [0.29, 0.717) is 17.1 Å². The molecule has 3 aromatic carbocycles. The number of nitrogens with one attached hydrogen (secondary N) is 1. The van der Waals surface area contributed by atoms with Gasteiger partial charge in [0, 0.05) is 43.3 Å². The van der Waals surface area contributed by atoms with Gasteiger partial charge in [-0.05, 0) is 66.3 Å². The van der Waals surface area contributed by atoms with Gasteiger partial charge in [-0.1, -0.05) is 54.1 Å². The van der Waals surface area contributed by atoms with Crippen molar-refractivity contribution in [2.45, 2.75) is 49.3 Å². The zero-order chi connectivity index (χ0) is 29.0. The predicted molar refractivity (Wildman–Crippen MR) is 159 cm³/mol. The molecule has 1 N–H and O–H groups in total. The zero-order valence-corrected chi connectivity index (χ0v) is 24.6. The summed E-state index contributed by atoms with van der Waals surface area (Å²) in [5.74, 6) is 0.596. The van der Waals surface area contributed by atoms with Crippen LogP contribution < -0.4 is 9.62 Å². The average molecular weight is 593 g/mol. The third kappa shape index (κ3) is 6.70. The maximum Gasteiger partial charge on any atom is 0.241 e. The summed E-state index contributed by atoms with van der Waals surface area (Å²) in [7, 11) is -0.326. The lowest BCUT2D eigenvalue weighted by molar-refractivity contribution is -0.121. The number of benzene rings is 3. The number of hydrogen-bond acceptors (Lipinski definition) is 5. The van der Waals surface area contributed by atoms with E-state index < -0.39 is 22.2 Å². The van der Waals surface area contributed by atoms with E-state index in [2.05, 4.69) is 9.71 Å². The molecule has 41 heavy (non-hydrogen) atoms. The van der Waals surface area contributed by atoms with E-state index in [4.69, 9.17) is 16.3 Å². The fourth-order valence-corrected chi connectivity index (χ4v) is 6.80. The van der Waals surface area contributed by atoms with Gasteiger partial charge in [0.15, 0.2) is 0 Å². The molecule has 8 nitrogen and oxygen atoms in total. The van der Waals surface area contributed by atoms with E-state index in [-0.39, 0.29) is 23.8 Å². The first-order valence-corrected chi connectivity index (χ1v) is 15.4. The largest absolute Gasteiger partial charge is 0.376 e. The van der Waals surface area contributed by atoms with Crippen LogP contribution in [0.15, 0.2) is 90.1 Å². The number of carbonyl (C=O) groups excluding carboxylic acids is 1. The molecule has 0 saturated heterocycles. The second kappa shape index (κ2) is 12.6. The van der Waals surface area contributed by atoms with Gasteiger partial charge < -0.3 is 14.2 Å². The van der Waals surface area contributed by atoms with Crippen LogP contribution in [-0.4, -0.2) is 31.0 Å². The fourth-order valence-electron chi connectivity index (χ4n) is 5.25. The molecule has 0 bridgehead atoms. The lowest BCUT2D eigenvalue weighted by atomic mass is 9.87. The summed E-state index contributed by atoms with van der Waals surface area (Å²) in [4.78, 5) is 20.2. The molecule has 1 aromatic heterocycles. The molecule has 0 unspecified atom stereocenters.